The van der Waals surface area contributed by atoms with Gasteiger partial charge >= 0.3 is 11.9 Å². The summed E-state index contributed by atoms with van der Waals surface area (Å²) in [6.45, 7) is 0. The van der Waals surface area contributed by atoms with Crippen molar-refractivity contribution in [3.8, 4) is 0 Å². The zero-order chi connectivity index (χ0) is 9.72. The van der Waals surface area contributed by atoms with Crippen molar-refractivity contribution in [3.63, 3.8) is 0 Å². The Morgan fingerprint density at radius 3 is 2.17 bits per heavy atom. The van der Waals surface area contributed by atoms with Crippen LogP contribution >= 0.6 is 11.8 Å². The van der Waals surface area contributed by atoms with Gasteiger partial charge in [-0.1, -0.05) is 0 Å². The number of aliphatic carboxylic acids is 2. The molecule has 0 aliphatic rings. The first-order valence-corrected chi connectivity index (χ1v) is 4.51. The first-order valence-electron chi connectivity index (χ1n) is 3.23. The lowest BCUT2D eigenvalue weighted by molar-refractivity contribution is -0.139. The Labute approximate surface area is 73.9 Å². The minimum Gasteiger partial charge on any atom is -0.480 e. The third kappa shape index (κ3) is 3.59. The van der Waals surface area contributed by atoms with Crippen LogP contribution in [0.4, 0.5) is 0 Å². The fourth-order valence-electron chi connectivity index (χ4n) is 0.629. The Hall–Kier alpha value is -0.750. The first-order chi connectivity index (χ1) is 5.49. The van der Waals surface area contributed by atoms with E-state index in [0.29, 0.717) is 0 Å². The van der Waals surface area contributed by atoms with Crippen molar-refractivity contribution in [3.05, 3.63) is 0 Å². The van der Waals surface area contributed by atoms with Gasteiger partial charge in [0.05, 0.1) is 0 Å². The maximum absolute atomic E-state index is 10.4. The van der Waals surface area contributed by atoms with E-state index in [9.17, 15) is 9.59 Å². The van der Waals surface area contributed by atoms with Crippen LogP contribution in [0.1, 0.15) is 6.42 Å². The van der Waals surface area contributed by atoms with Gasteiger partial charge in [-0.3, -0.25) is 9.59 Å². The molecular formula is C6H11NO4S. The van der Waals surface area contributed by atoms with E-state index in [1.54, 1.807) is 6.26 Å². The SMILES string of the molecule is CSC(C[C@@H](N)C(=O)O)C(=O)O. The zero-order valence-electron chi connectivity index (χ0n) is 6.56. The Balaban J connectivity index is 4.02. The molecule has 5 nitrogen and oxygen atoms in total. The molecule has 2 atom stereocenters. The standard InChI is InChI=1S/C6H11NO4S/c1-12-4(6(10)11)2-3(7)5(8)9/h3-4H,2,7H2,1H3,(H,8,9)(H,10,11)/t3-,4?/m1/s1. The maximum Gasteiger partial charge on any atom is 0.320 e. The predicted octanol–water partition coefficient (Wildman–Crippen LogP) is -0.395. The molecule has 70 valence electrons. The van der Waals surface area contributed by atoms with Gasteiger partial charge in [0.2, 0.25) is 0 Å². The summed E-state index contributed by atoms with van der Waals surface area (Å²) in [6.07, 6.45) is 1.55. The summed E-state index contributed by atoms with van der Waals surface area (Å²) in [5.41, 5.74) is 5.15. The molecule has 6 heteroatoms. The van der Waals surface area contributed by atoms with Crippen molar-refractivity contribution < 1.29 is 19.8 Å². The third-order valence-corrected chi connectivity index (χ3v) is 2.31. The van der Waals surface area contributed by atoms with E-state index in [4.69, 9.17) is 15.9 Å². The van der Waals surface area contributed by atoms with Gasteiger partial charge in [0, 0.05) is 0 Å². The monoisotopic (exact) mass is 193 g/mol. The van der Waals surface area contributed by atoms with Crippen LogP contribution in [0.2, 0.25) is 0 Å². The summed E-state index contributed by atoms with van der Waals surface area (Å²) in [5.74, 6) is -2.20. The summed E-state index contributed by atoms with van der Waals surface area (Å²) in [4.78, 5) is 20.7. The van der Waals surface area contributed by atoms with Crippen LogP contribution in [0.5, 0.6) is 0 Å². The molecule has 0 saturated carbocycles. The second kappa shape index (κ2) is 5.00. The lowest BCUT2D eigenvalue weighted by Crippen LogP contribution is -2.35. The quantitative estimate of drug-likeness (QED) is 0.549. The highest BCUT2D eigenvalue weighted by molar-refractivity contribution is 7.99. The molecule has 0 rings (SSSR count). The number of nitrogens with two attached hydrogens (primary N) is 1. The van der Waals surface area contributed by atoms with Crippen molar-refractivity contribution in [1.82, 2.24) is 0 Å². The second-order valence-corrected chi connectivity index (χ2v) is 3.28. The molecule has 1 unspecified atom stereocenters. The minimum absolute atomic E-state index is 0.0498. The van der Waals surface area contributed by atoms with E-state index in [1.807, 2.05) is 0 Å². The Bertz CT molecular complexity index is 184. The highest BCUT2D eigenvalue weighted by atomic mass is 32.2. The van der Waals surface area contributed by atoms with E-state index in [2.05, 4.69) is 0 Å². The Morgan fingerprint density at radius 1 is 1.42 bits per heavy atom. The average molecular weight is 193 g/mol. The van der Waals surface area contributed by atoms with Crippen LogP contribution < -0.4 is 5.73 Å². The number of carboxylic acid groups (broad SMARTS) is 2. The van der Waals surface area contributed by atoms with Crippen molar-refractivity contribution in [1.29, 1.82) is 0 Å². The third-order valence-electron chi connectivity index (χ3n) is 1.35. The Morgan fingerprint density at radius 2 is 1.92 bits per heavy atom. The molecule has 12 heavy (non-hydrogen) atoms. The van der Waals surface area contributed by atoms with E-state index in [-0.39, 0.29) is 6.42 Å². The predicted molar refractivity (Wildman–Crippen MR) is 45.2 cm³/mol. The number of thioether (sulfide) groups is 1. The molecule has 0 saturated heterocycles. The van der Waals surface area contributed by atoms with Gasteiger partial charge in [-0.2, -0.15) is 11.8 Å². The summed E-state index contributed by atoms with van der Waals surface area (Å²) < 4.78 is 0. The summed E-state index contributed by atoms with van der Waals surface area (Å²) in [5, 5.41) is 16.2. The molecule has 0 aliphatic carbocycles. The topological polar surface area (TPSA) is 101 Å². The Kier molecular flexibility index (Phi) is 4.68. The van der Waals surface area contributed by atoms with Gasteiger partial charge in [0.25, 0.3) is 0 Å². The molecule has 0 spiro atoms. The molecule has 0 bridgehead atoms. The second-order valence-electron chi connectivity index (χ2n) is 2.24. The molecule has 0 heterocycles. The maximum atomic E-state index is 10.4. The van der Waals surface area contributed by atoms with Gasteiger partial charge in [0.1, 0.15) is 11.3 Å². The van der Waals surface area contributed by atoms with Gasteiger partial charge in [-0.25, -0.2) is 0 Å². The minimum atomic E-state index is -1.17. The molecule has 0 aromatic heterocycles. The molecule has 0 fully saturated rings. The lowest BCUT2D eigenvalue weighted by Gasteiger charge is -2.11. The molecule has 0 amide bonds. The van der Waals surface area contributed by atoms with E-state index >= 15 is 0 Å². The van der Waals surface area contributed by atoms with Crippen molar-refractivity contribution in [2.75, 3.05) is 6.26 Å². The molecule has 0 aliphatic heterocycles. The van der Waals surface area contributed by atoms with E-state index < -0.39 is 23.2 Å². The summed E-state index contributed by atoms with van der Waals surface area (Å²) >= 11 is 1.08. The van der Waals surface area contributed by atoms with Gasteiger partial charge in [-0.05, 0) is 12.7 Å². The van der Waals surface area contributed by atoms with Gasteiger partial charge in [0.15, 0.2) is 0 Å². The van der Waals surface area contributed by atoms with Crippen LogP contribution in [0.3, 0.4) is 0 Å². The van der Waals surface area contributed by atoms with Gasteiger partial charge in [-0.15, -0.1) is 0 Å². The van der Waals surface area contributed by atoms with Crippen LogP contribution in [0.15, 0.2) is 0 Å². The van der Waals surface area contributed by atoms with Crippen LogP contribution in [-0.2, 0) is 9.59 Å². The molecule has 4 N–H and O–H groups in total. The van der Waals surface area contributed by atoms with Crippen molar-refractivity contribution in [2.24, 2.45) is 5.73 Å². The molecule has 0 aromatic rings. The van der Waals surface area contributed by atoms with Gasteiger partial charge < -0.3 is 15.9 Å². The van der Waals surface area contributed by atoms with Crippen LogP contribution in [0, 0.1) is 0 Å². The highest BCUT2D eigenvalue weighted by Gasteiger charge is 2.22. The fraction of sp³-hybridized carbons (Fsp3) is 0.667. The number of rotatable bonds is 5. The molecule has 0 radical (unpaired) electrons. The fourth-order valence-corrected chi connectivity index (χ4v) is 1.23. The van der Waals surface area contributed by atoms with E-state index in [0.717, 1.165) is 11.8 Å². The highest BCUT2D eigenvalue weighted by Crippen LogP contribution is 2.12. The summed E-state index contributed by atoms with van der Waals surface area (Å²) in [7, 11) is 0. The normalized spacial score (nSPS) is 15.2. The average Bonchev–Trinajstić information content (AvgIpc) is 1.98. The lowest BCUT2D eigenvalue weighted by atomic mass is 10.2. The van der Waals surface area contributed by atoms with Crippen molar-refractivity contribution in [2.45, 2.75) is 17.7 Å². The van der Waals surface area contributed by atoms with E-state index in [1.165, 1.54) is 0 Å². The largest absolute Gasteiger partial charge is 0.480 e. The molecular weight excluding hydrogens is 182 g/mol. The van der Waals surface area contributed by atoms with Crippen LogP contribution in [0.25, 0.3) is 0 Å². The molecule has 0 aromatic carbocycles. The zero-order valence-corrected chi connectivity index (χ0v) is 7.37. The first kappa shape index (κ1) is 11.2. The number of hydrogen-bond donors (Lipinski definition) is 3. The smallest absolute Gasteiger partial charge is 0.320 e. The van der Waals surface area contributed by atoms with Crippen LogP contribution in [-0.4, -0.2) is 39.7 Å². The van der Waals surface area contributed by atoms with Crippen molar-refractivity contribution >= 4 is 23.7 Å². The number of carbonyl (C=O) groups is 2. The number of hydrogen-bond acceptors (Lipinski definition) is 4. The number of carboxylic acids is 2. The summed E-state index contributed by atoms with van der Waals surface area (Å²) in [6, 6.07) is -1.10.